The molecule has 27 heavy (non-hydrogen) atoms. The zero-order valence-electron chi connectivity index (χ0n) is 15.0. The maximum Gasteiger partial charge on any atom is 0.303 e. The number of aromatic nitrogens is 1. The summed E-state index contributed by atoms with van der Waals surface area (Å²) in [6.45, 7) is 0.630. The third-order valence-corrected chi connectivity index (χ3v) is 4.57. The molecule has 0 saturated heterocycles. The summed E-state index contributed by atoms with van der Waals surface area (Å²) in [5.74, 6) is -0.928. The fourth-order valence-electron chi connectivity index (χ4n) is 3.25. The zero-order chi connectivity index (χ0) is 19.2. The molecule has 1 amide bonds. The van der Waals surface area contributed by atoms with Gasteiger partial charge in [0.05, 0.1) is 11.0 Å². The quantitative estimate of drug-likeness (QED) is 0.474. The number of carbonyl (C=O) groups is 2. The Morgan fingerprint density at radius 3 is 2.07 bits per heavy atom. The molecule has 0 spiro atoms. The van der Waals surface area contributed by atoms with Gasteiger partial charge in [0.2, 0.25) is 5.91 Å². The van der Waals surface area contributed by atoms with Gasteiger partial charge in [0.25, 0.3) is 0 Å². The zero-order valence-corrected chi connectivity index (χ0v) is 15.0. The molecule has 0 atom stereocenters. The van der Waals surface area contributed by atoms with E-state index in [1.54, 1.807) is 12.1 Å². The van der Waals surface area contributed by atoms with Gasteiger partial charge < -0.3 is 15.0 Å². The number of carboxylic acid groups (broad SMARTS) is 1. The Kier molecular flexibility index (Phi) is 5.86. The van der Waals surface area contributed by atoms with Gasteiger partial charge in [-0.1, -0.05) is 30.7 Å². The van der Waals surface area contributed by atoms with Crippen molar-refractivity contribution in [1.29, 1.82) is 0 Å². The predicted octanol–water partition coefficient (Wildman–Crippen LogP) is 2.92. The number of pyridine rings is 1. The minimum atomic E-state index is -0.795. The van der Waals surface area contributed by atoms with Crippen LogP contribution in [0.3, 0.4) is 0 Å². The number of fused-ring (bicyclic) bond motifs is 2. The van der Waals surface area contributed by atoms with Crippen LogP contribution in [-0.4, -0.2) is 28.1 Å². The molecule has 3 aromatic rings. The number of benzene rings is 2. The van der Waals surface area contributed by atoms with Crippen LogP contribution >= 0.6 is 0 Å². The van der Waals surface area contributed by atoms with Crippen LogP contribution in [0.1, 0.15) is 25.7 Å². The normalized spacial score (nSPS) is 11.0. The van der Waals surface area contributed by atoms with E-state index in [9.17, 15) is 14.4 Å². The van der Waals surface area contributed by atoms with Crippen molar-refractivity contribution in [2.24, 2.45) is 0 Å². The highest BCUT2D eigenvalue weighted by Gasteiger charge is 2.12. The van der Waals surface area contributed by atoms with Crippen LogP contribution < -0.4 is 10.7 Å². The molecule has 0 radical (unpaired) electrons. The van der Waals surface area contributed by atoms with E-state index in [0.717, 1.165) is 23.9 Å². The second-order valence-corrected chi connectivity index (χ2v) is 6.50. The molecule has 0 unspecified atom stereocenters. The van der Waals surface area contributed by atoms with Gasteiger partial charge in [0, 0.05) is 23.7 Å². The van der Waals surface area contributed by atoms with Crippen LogP contribution in [-0.2, 0) is 16.1 Å². The Morgan fingerprint density at radius 2 is 1.48 bits per heavy atom. The molecule has 1 aromatic heterocycles. The lowest BCUT2D eigenvalue weighted by atomic mass is 10.1. The second-order valence-electron chi connectivity index (χ2n) is 6.50. The summed E-state index contributed by atoms with van der Waals surface area (Å²) in [4.78, 5) is 35.6. The van der Waals surface area contributed by atoms with E-state index in [-0.39, 0.29) is 24.3 Å². The fourth-order valence-corrected chi connectivity index (χ4v) is 3.25. The molecular formula is C21H22N2O4. The van der Waals surface area contributed by atoms with Crippen molar-refractivity contribution >= 4 is 33.7 Å². The van der Waals surface area contributed by atoms with E-state index in [4.69, 9.17) is 5.11 Å². The number of nitrogens with one attached hydrogen (secondary N) is 1. The van der Waals surface area contributed by atoms with Gasteiger partial charge in [-0.25, -0.2) is 0 Å². The van der Waals surface area contributed by atoms with Crippen LogP contribution in [0.5, 0.6) is 0 Å². The van der Waals surface area contributed by atoms with Crippen molar-refractivity contribution in [1.82, 2.24) is 9.88 Å². The highest BCUT2D eigenvalue weighted by atomic mass is 16.4. The van der Waals surface area contributed by atoms with E-state index in [1.165, 1.54) is 0 Å². The van der Waals surface area contributed by atoms with Crippen LogP contribution in [0.15, 0.2) is 53.3 Å². The number of aliphatic carboxylic acids is 1. The van der Waals surface area contributed by atoms with E-state index in [0.29, 0.717) is 23.7 Å². The number of amides is 1. The number of rotatable bonds is 8. The largest absolute Gasteiger partial charge is 0.481 e. The fraction of sp³-hybridized carbons (Fsp3) is 0.286. The minimum absolute atomic E-state index is 0.0312. The lowest BCUT2D eigenvalue weighted by Crippen LogP contribution is -2.29. The van der Waals surface area contributed by atoms with Crippen molar-refractivity contribution in [3.63, 3.8) is 0 Å². The third-order valence-electron chi connectivity index (χ3n) is 4.57. The standard InChI is InChI=1S/C21H22N2O4/c24-19(22-13-7-1-2-12-20(25)26)14-23-17-10-5-3-8-15(17)21(27)16-9-4-6-11-18(16)23/h3-6,8-11H,1-2,7,12-14H2,(H,22,24)(H,25,26). The molecule has 0 aliphatic heterocycles. The summed E-state index contributed by atoms with van der Waals surface area (Å²) < 4.78 is 1.87. The van der Waals surface area contributed by atoms with Crippen LogP contribution in [0, 0.1) is 0 Å². The first-order valence-corrected chi connectivity index (χ1v) is 9.06. The average Bonchev–Trinajstić information content (AvgIpc) is 2.67. The molecule has 6 nitrogen and oxygen atoms in total. The number of hydrogen-bond donors (Lipinski definition) is 2. The van der Waals surface area contributed by atoms with Gasteiger partial charge >= 0.3 is 5.97 Å². The molecule has 2 N–H and O–H groups in total. The van der Waals surface area contributed by atoms with Gasteiger partial charge in [0.15, 0.2) is 5.43 Å². The van der Waals surface area contributed by atoms with Crippen molar-refractivity contribution in [3.8, 4) is 0 Å². The molecule has 1 heterocycles. The summed E-state index contributed by atoms with van der Waals surface area (Å²) in [7, 11) is 0. The summed E-state index contributed by atoms with van der Waals surface area (Å²) >= 11 is 0. The van der Waals surface area contributed by atoms with Crippen molar-refractivity contribution in [2.45, 2.75) is 32.2 Å². The Balaban J connectivity index is 1.76. The number of carbonyl (C=O) groups excluding carboxylic acids is 1. The molecule has 140 valence electrons. The summed E-state index contributed by atoms with van der Waals surface area (Å²) in [6, 6.07) is 14.6. The molecular weight excluding hydrogens is 344 g/mol. The Bertz CT molecular complexity index is 979. The van der Waals surface area contributed by atoms with Crippen molar-refractivity contribution < 1.29 is 14.7 Å². The van der Waals surface area contributed by atoms with Crippen LogP contribution in [0.4, 0.5) is 0 Å². The highest BCUT2D eigenvalue weighted by Crippen LogP contribution is 2.18. The second kappa shape index (κ2) is 8.49. The van der Waals surface area contributed by atoms with Gasteiger partial charge in [-0.2, -0.15) is 0 Å². The molecule has 0 saturated carbocycles. The summed E-state index contributed by atoms with van der Waals surface area (Å²) in [5, 5.41) is 12.7. The monoisotopic (exact) mass is 366 g/mol. The first-order valence-electron chi connectivity index (χ1n) is 9.06. The number of hydrogen-bond acceptors (Lipinski definition) is 3. The van der Waals surface area contributed by atoms with Gasteiger partial charge in [0.1, 0.15) is 6.54 Å². The molecule has 0 fully saturated rings. The average molecular weight is 366 g/mol. The Morgan fingerprint density at radius 1 is 0.889 bits per heavy atom. The minimum Gasteiger partial charge on any atom is -0.481 e. The molecule has 2 aromatic carbocycles. The summed E-state index contributed by atoms with van der Waals surface area (Å²) in [5.41, 5.74) is 1.44. The van der Waals surface area contributed by atoms with E-state index >= 15 is 0 Å². The lowest BCUT2D eigenvalue weighted by Gasteiger charge is -2.15. The molecule has 3 rings (SSSR count). The molecule has 0 aliphatic carbocycles. The van der Waals surface area contributed by atoms with E-state index < -0.39 is 5.97 Å². The molecule has 0 bridgehead atoms. The van der Waals surface area contributed by atoms with Crippen LogP contribution in [0.2, 0.25) is 0 Å². The lowest BCUT2D eigenvalue weighted by molar-refractivity contribution is -0.137. The first kappa shape index (κ1) is 18.6. The van der Waals surface area contributed by atoms with Crippen molar-refractivity contribution in [3.05, 3.63) is 58.8 Å². The number of unbranched alkanes of at least 4 members (excludes halogenated alkanes) is 2. The summed E-state index contributed by atoms with van der Waals surface area (Å²) in [6.07, 6.45) is 2.27. The third kappa shape index (κ3) is 4.34. The maximum absolute atomic E-state index is 12.7. The SMILES string of the molecule is O=C(O)CCCCCNC(=O)Cn1c2ccccc2c(=O)c2ccccc21. The van der Waals surface area contributed by atoms with Crippen LogP contribution in [0.25, 0.3) is 21.8 Å². The van der Waals surface area contributed by atoms with Gasteiger partial charge in [-0.3, -0.25) is 14.4 Å². The number of nitrogens with zero attached hydrogens (tertiary/aromatic N) is 1. The topological polar surface area (TPSA) is 88.4 Å². The number of carboxylic acids is 1. The first-order chi connectivity index (χ1) is 13.1. The Hall–Kier alpha value is -3.15. The smallest absolute Gasteiger partial charge is 0.303 e. The molecule has 0 aliphatic rings. The Labute approximate surface area is 156 Å². The number of para-hydroxylation sites is 2. The van der Waals surface area contributed by atoms with E-state index in [2.05, 4.69) is 5.32 Å². The van der Waals surface area contributed by atoms with Gasteiger partial charge in [-0.15, -0.1) is 0 Å². The van der Waals surface area contributed by atoms with Gasteiger partial charge in [-0.05, 0) is 37.1 Å². The van der Waals surface area contributed by atoms with E-state index in [1.807, 2.05) is 41.0 Å². The predicted molar refractivity (Wildman–Crippen MR) is 105 cm³/mol. The highest BCUT2D eigenvalue weighted by molar-refractivity contribution is 5.94. The van der Waals surface area contributed by atoms with Crippen molar-refractivity contribution in [2.75, 3.05) is 6.54 Å². The maximum atomic E-state index is 12.7. The molecule has 6 heteroatoms.